The standard InChI is InChI=1S/C32H33FN2O3/c1-3-4-7-18-38-26-16-12-23(13-17-26)32-31-28(34-27-8-5-6-9-29(27)35(32)21(2)36)19-24(20-30(31)37)22-10-14-25(33)15-11-22/h5-6,8-17,24,31-32H,3-4,7,18-20H2,1-2H3/t24-,31-,32+/m0/s1. The number of hydrogen-bond donors (Lipinski definition) is 0. The van der Waals surface area contributed by atoms with Gasteiger partial charge in [0.05, 0.1) is 29.9 Å². The number of amides is 1. The molecule has 1 amide bonds. The Morgan fingerprint density at radius 2 is 1.68 bits per heavy atom. The number of ketones is 1. The number of unbranched alkanes of at least 4 members (excludes halogenated alkanes) is 2. The molecule has 196 valence electrons. The average molecular weight is 513 g/mol. The number of halogens is 1. The van der Waals surface area contributed by atoms with Crippen molar-refractivity contribution in [1.82, 2.24) is 0 Å². The van der Waals surface area contributed by atoms with Crippen LogP contribution in [0.5, 0.6) is 5.75 Å². The number of anilines is 1. The van der Waals surface area contributed by atoms with Gasteiger partial charge in [-0.15, -0.1) is 0 Å². The van der Waals surface area contributed by atoms with Gasteiger partial charge in [-0.2, -0.15) is 0 Å². The summed E-state index contributed by atoms with van der Waals surface area (Å²) in [4.78, 5) is 33.8. The molecule has 5 rings (SSSR count). The van der Waals surface area contributed by atoms with Crippen molar-refractivity contribution >= 4 is 28.8 Å². The molecule has 38 heavy (non-hydrogen) atoms. The predicted octanol–water partition coefficient (Wildman–Crippen LogP) is 7.34. The summed E-state index contributed by atoms with van der Waals surface area (Å²) < 4.78 is 19.5. The van der Waals surface area contributed by atoms with E-state index in [-0.39, 0.29) is 23.4 Å². The Labute approximate surface area is 223 Å². The van der Waals surface area contributed by atoms with Gasteiger partial charge >= 0.3 is 0 Å². The van der Waals surface area contributed by atoms with Crippen LogP contribution in [0.25, 0.3) is 0 Å². The van der Waals surface area contributed by atoms with Crippen molar-refractivity contribution in [2.75, 3.05) is 11.5 Å². The van der Waals surface area contributed by atoms with E-state index in [9.17, 15) is 14.0 Å². The number of aliphatic imine (C=N–C) groups is 1. The summed E-state index contributed by atoms with van der Waals surface area (Å²) in [6.07, 6.45) is 4.14. The zero-order valence-electron chi connectivity index (χ0n) is 21.9. The van der Waals surface area contributed by atoms with Crippen LogP contribution >= 0.6 is 0 Å². The molecule has 0 radical (unpaired) electrons. The first-order chi connectivity index (χ1) is 18.5. The summed E-state index contributed by atoms with van der Waals surface area (Å²) in [6.45, 7) is 4.35. The third-order valence-electron chi connectivity index (χ3n) is 7.53. The summed E-state index contributed by atoms with van der Waals surface area (Å²) in [5.74, 6) is -0.300. The van der Waals surface area contributed by atoms with Crippen LogP contribution in [0.3, 0.4) is 0 Å². The number of carbonyl (C=O) groups is 2. The van der Waals surface area contributed by atoms with Gasteiger partial charge in [0.1, 0.15) is 17.3 Å². The van der Waals surface area contributed by atoms with E-state index in [4.69, 9.17) is 9.73 Å². The van der Waals surface area contributed by atoms with Crippen LogP contribution < -0.4 is 9.64 Å². The first-order valence-electron chi connectivity index (χ1n) is 13.4. The first kappa shape index (κ1) is 25.8. The number of rotatable bonds is 7. The second-order valence-electron chi connectivity index (χ2n) is 10.2. The monoisotopic (exact) mass is 512 g/mol. The number of benzene rings is 3. The third kappa shape index (κ3) is 5.26. The lowest BCUT2D eigenvalue weighted by atomic mass is 9.72. The van der Waals surface area contributed by atoms with Crippen molar-refractivity contribution in [3.63, 3.8) is 0 Å². The number of ether oxygens (including phenoxy) is 1. The largest absolute Gasteiger partial charge is 0.494 e. The quantitative estimate of drug-likeness (QED) is 0.311. The molecule has 2 aliphatic rings. The summed E-state index contributed by atoms with van der Waals surface area (Å²) in [5.41, 5.74) is 3.91. The molecule has 3 aromatic carbocycles. The van der Waals surface area contributed by atoms with Crippen LogP contribution in [0.15, 0.2) is 77.8 Å². The van der Waals surface area contributed by atoms with Crippen molar-refractivity contribution in [1.29, 1.82) is 0 Å². The maximum Gasteiger partial charge on any atom is 0.224 e. The minimum atomic E-state index is -0.570. The van der Waals surface area contributed by atoms with Crippen LogP contribution in [0.2, 0.25) is 0 Å². The van der Waals surface area contributed by atoms with Gasteiger partial charge in [-0.3, -0.25) is 14.6 Å². The fourth-order valence-corrected chi connectivity index (χ4v) is 5.68. The Morgan fingerprint density at radius 3 is 2.39 bits per heavy atom. The number of hydrogen-bond acceptors (Lipinski definition) is 4. The Kier molecular flexibility index (Phi) is 7.68. The smallest absolute Gasteiger partial charge is 0.224 e. The Balaban J connectivity index is 1.54. The summed E-state index contributed by atoms with van der Waals surface area (Å²) in [5, 5.41) is 0. The SMILES string of the molecule is CCCCCOc1ccc([C@@H]2[C@@H]3C(=O)C[C@@H](c4ccc(F)cc4)CC3=Nc3ccccc3N2C(C)=O)cc1. The average Bonchev–Trinajstić information content (AvgIpc) is 3.06. The molecule has 6 heteroatoms. The molecule has 1 aliphatic heterocycles. The predicted molar refractivity (Wildman–Crippen MR) is 148 cm³/mol. The second kappa shape index (κ2) is 11.3. The molecule has 0 N–H and O–H groups in total. The van der Waals surface area contributed by atoms with Crippen LogP contribution in [0.4, 0.5) is 15.8 Å². The fraction of sp³-hybridized carbons (Fsp3) is 0.344. The lowest BCUT2D eigenvalue weighted by Gasteiger charge is -2.38. The summed E-state index contributed by atoms with van der Waals surface area (Å²) in [6, 6.07) is 21.1. The molecule has 1 fully saturated rings. The zero-order chi connectivity index (χ0) is 26.6. The second-order valence-corrected chi connectivity index (χ2v) is 10.2. The maximum absolute atomic E-state index is 13.9. The van der Waals surface area contributed by atoms with Crippen molar-refractivity contribution in [2.24, 2.45) is 10.9 Å². The minimum absolute atomic E-state index is 0.0354. The number of fused-ring (bicyclic) bond motifs is 2. The molecule has 1 aliphatic carbocycles. The highest BCUT2D eigenvalue weighted by Gasteiger charge is 2.45. The fourth-order valence-electron chi connectivity index (χ4n) is 5.68. The van der Waals surface area contributed by atoms with E-state index in [1.165, 1.54) is 19.1 Å². The van der Waals surface area contributed by atoms with Gasteiger partial charge in [0, 0.05) is 19.1 Å². The van der Waals surface area contributed by atoms with Crippen molar-refractivity contribution in [3.8, 4) is 5.75 Å². The maximum atomic E-state index is 13.9. The normalized spacial score (nSPS) is 20.7. The molecule has 1 saturated carbocycles. The van der Waals surface area contributed by atoms with E-state index in [1.54, 1.807) is 17.0 Å². The Hall–Kier alpha value is -3.80. The molecule has 0 spiro atoms. The number of Topliss-reactive ketones (excluding diaryl/α,β-unsaturated/α-hetero) is 1. The Bertz CT molecular complexity index is 1330. The van der Waals surface area contributed by atoms with Gasteiger partial charge in [-0.05, 0) is 66.3 Å². The molecular weight excluding hydrogens is 479 g/mol. The van der Waals surface area contributed by atoms with Crippen LogP contribution in [0, 0.1) is 11.7 Å². The molecular formula is C32H33FN2O3. The minimum Gasteiger partial charge on any atom is -0.494 e. The number of para-hydroxylation sites is 2. The van der Waals surface area contributed by atoms with E-state index >= 15 is 0 Å². The topological polar surface area (TPSA) is 59.0 Å². The van der Waals surface area contributed by atoms with Gasteiger partial charge < -0.3 is 9.64 Å². The van der Waals surface area contributed by atoms with E-state index in [0.29, 0.717) is 30.8 Å². The van der Waals surface area contributed by atoms with Gasteiger partial charge in [-0.1, -0.05) is 56.2 Å². The van der Waals surface area contributed by atoms with Gasteiger partial charge in [-0.25, -0.2) is 4.39 Å². The van der Waals surface area contributed by atoms with Gasteiger partial charge in [0.25, 0.3) is 0 Å². The molecule has 3 atom stereocenters. The highest BCUT2D eigenvalue weighted by Crippen LogP contribution is 2.47. The van der Waals surface area contributed by atoms with Crippen LogP contribution in [0.1, 0.15) is 69.0 Å². The van der Waals surface area contributed by atoms with E-state index in [0.717, 1.165) is 41.9 Å². The Morgan fingerprint density at radius 1 is 0.974 bits per heavy atom. The third-order valence-corrected chi connectivity index (χ3v) is 7.53. The lowest BCUT2D eigenvalue weighted by Crippen LogP contribution is -2.45. The first-order valence-corrected chi connectivity index (χ1v) is 13.4. The number of carbonyl (C=O) groups excluding carboxylic acids is 2. The molecule has 0 bridgehead atoms. The zero-order valence-corrected chi connectivity index (χ0v) is 21.9. The molecule has 1 heterocycles. The van der Waals surface area contributed by atoms with E-state index in [1.807, 2.05) is 48.5 Å². The van der Waals surface area contributed by atoms with Crippen molar-refractivity contribution in [3.05, 3.63) is 89.7 Å². The summed E-state index contributed by atoms with van der Waals surface area (Å²) in [7, 11) is 0. The molecule has 0 aromatic heterocycles. The van der Waals surface area contributed by atoms with Crippen molar-refractivity contribution < 1.29 is 18.7 Å². The summed E-state index contributed by atoms with van der Waals surface area (Å²) >= 11 is 0. The molecule has 5 nitrogen and oxygen atoms in total. The van der Waals surface area contributed by atoms with Crippen LogP contribution in [-0.4, -0.2) is 24.0 Å². The molecule has 0 unspecified atom stereocenters. The molecule has 3 aromatic rings. The lowest BCUT2D eigenvalue weighted by molar-refractivity contribution is -0.123. The van der Waals surface area contributed by atoms with Gasteiger partial charge in [0.2, 0.25) is 5.91 Å². The van der Waals surface area contributed by atoms with E-state index in [2.05, 4.69) is 6.92 Å². The number of nitrogens with zero attached hydrogens (tertiary/aromatic N) is 2. The highest BCUT2D eigenvalue weighted by molar-refractivity contribution is 6.13. The van der Waals surface area contributed by atoms with Crippen LogP contribution in [-0.2, 0) is 9.59 Å². The highest BCUT2D eigenvalue weighted by atomic mass is 19.1. The van der Waals surface area contributed by atoms with Gasteiger partial charge in [0.15, 0.2) is 0 Å². The van der Waals surface area contributed by atoms with Crippen molar-refractivity contribution in [2.45, 2.75) is 57.9 Å². The molecule has 0 saturated heterocycles. The van der Waals surface area contributed by atoms with E-state index < -0.39 is 12.0 Å².